The highest BCUT2D eigenvalue weighted by Crippen LogP contribution is 2.35. The molecule has 0 aliphatic carbocycles. The van der Waals surface area contributed by atoms with Crippen LogP contribution in [0.3, 0.4) is 0 Å². The lowest BCUT2D eigenvalue weighted by molar-refractivity contribution is -0.119. The molecule has 0 radical (unpaired) electrons. The number of phenolic OH excluding ortho intramolecular Hbond substituents is 1. The van der Waals surface area contributed by atoms with Crippen molar-refractivity contribution in [1.82, 2.24) is 20.6 Å². The first-order chi connectivity index (χ1) is 14.5. The van der Waals surface area contributed by atoms with Crippen molar-refractivity contribution in [2.24, 2.45) is 0 Å². The minimum Gasteiger partial charge on any atom is -0.507 e. The number of aromatic nitrogens is 2. The fourth-order valence-corrected chi connectivity index (χ4v) is 5.02. The van der Waals surface area contributed by atoms with E-state index in [1.165, 1.54) is 0 Å². The van der Waals surface area contributed by atoms with Gasteiger partial charge in [0.1, 0.15) is 17.7 Å². The van der Waals surface area contributed by atoms with Crippen LogP contribution in [0, 0.1) is 0 Å². The molecule has 158 valence electrons. The van der Waals surface area contributed by atoms with Crippen LogP contribution in [-0.4, -0.2) is 58.9 Å². The Bertz CT molecular complexity index is 953. The maximum absolute atomic E-state index is 14.9. The number of benzene rings is 1. The van der Waals surface area contributed by atoms with Crippen molar-refractivity contribution >= 4 is 11.7 Å². The number of aromatic hydroxyl groups is 1. The van der Waals surface area contributed by atoms with Crippen LogP contribution in [0.2, 0.25) is 0 Å². The number of carbonyl (C=O) groups is 1. The van der Waals surface area contributed by atoms with Gasteiger partial charge in [0.15, 0.2) is 0 Å². The number of halogens is 1. The predicted molar refractivity (Wildman–Crippen MR) is 111 cm³/mol. The summed E-state index contributed by atoms with van der Waals surface area (Å²) < 4.78 is 14.9. The zero-order valence-electron chi connectivity index (χ0n) is 16.9. The predicted octanol–water partition coefficient (Wildman–Crippen LogP) is 2.12. The molecule has 5 rings (SSSR count). The summed E-state index contributed by atoms with van der Waals surface area (Å²) in [6, 6.07) is 5.52. The first kappa shape index (κ1) is 19.2. The molecule has 1 unspecified atom stereocenters. The molecule has 0 saturated carbocycles. The third-order valence-corrected chi connectivity index (χ3v) is 6.80. The fraction of sp³-hybridized carbons (Fsp3) is 0.500. The normalized spacial score (nSPS) is 30.3. The third-order valence-electron chi connectivity index (χ3n) is 6.80. The quantitative estimate of drug-likeness (QED) is 0.714. The van der Waals surface area contributed by atoms with Crippen LogP contribution < -0.4 is 15.5 Å². The zero-order valence-corrected chi connectivity index (χ0v) is 16.9. The molecule has 1 aromatic heterocycles. The smallest absolute Gasteiger partial charge is 0.220 e. The largest absolute Gasteiger partial charge is 0.507 e. The maximum atomic E-state index is 14.9. The van der Waals surface area contributed by atoms with E-state index in [0.29, 0.717) is 36.1 Å². The van der Waals surface area contributed by atoms with Crippen LogP contribution in [0.15, 0.2) is 30.6 Å². The Morgan fingerprint density at radius 2 is 2.10 bits per heavy atom. The van der Waals surface area contributed by atoms with E-state index in [4.69, 9.17) is 0 Å². The molecule has 1 aromatic carbocycles. The van der Waals surface area contributed by atoms with Gasteiger partial charge >= 0.3 is 0 Å². The Morgan fingerprint density at radius 3 is 2.80 bits per heavy atom. The van der Waals surface area contributed by atoms with Gasteiger partial charge in [-0.3, -0.25) is 9.78 Å². The average Bonchev–Trinajstić information content (AvgIpc) is 3.37. The second-order valence-electron chi connectivity index (χ2n) is 8.65. The summed E-state index contributed by atoms with van der Waals surface area (Å²) >= 11 is 0. The first-order valence-electron chi connectivity index (χ1n) is 10.5. The van der Waals surface area contributed by atoms with E-state index in [1.807, 2.05) is 24.1 Å². The van der Waals surface area contributed by atoms with E-state index in [2.05, 4.69) is 20.6 Å². The average molecular weight is 411 g/mol. The summed E-state index contributed by atoms with van der Waals surface area (Å²) in [4.78, 5) is 22.3. The highest BCUT2D eigenvalue weighted by atomic mass is 19.1. The Hall–Kier alpha value is -2.74. The third kappa shape index (κ3) is 3.39. The Morgan fingerprint density at radius 1 is 1.23 bits per heavy atom. The molecule has 0 spiro atoms. The number of hydrogen-bond donors (Lipinski definition) is 3. The monoisotopic (exact) mass is 411 g/mol. The van der Waals surface area contributed by atoms with Gasteiger partial charge in [-0.15, -0.1) is 0 Å². The maximum Gasteiger partial charge on any atom is 0.220 e. The number of fused-ring (bicyclic) bond motifs is 2. The Labute approximate surface area is 174 Å². The molecule has 2 bridgehead atoms. The summed E-state index contributed by atoms with van der Waals surface area (Å²) in [5.41, 5.74) is 2.06. The minimum atomic E-state index is -0.927. The van der Waals surface area contributed by atoms with Crippen LogP contribution >= 0.6 is 0 Å². The van der Waals surface area contributed by atoms with Crippen LogP contribution in [0.4, 0.5) is 10.2 Å². The molecule has 8 heteroatoms. The number of hydrogen-bond acceptors (Lipinski definition) is 6. The SMILES string of the molecule is CN(c1cnc(-c2ccc([C@H]3CNC(=O)C3)cc2O)cn1)[C@H]1C[C@@H]2CCC(N2)[C@H]1F. The van der Waals surface area contributed by atoms with E-state index in [-0.39, 0.29) is 29.7 Å². The molecular formula is C22H26FN5O2. The van der Waals surface area contributed by atoms with Gasteiger partial charge in [0, 0.05) is 43.6 Å². The molecule has 3 aliphatic rings. The summed E-state index contributed by atoms with van der Waals surface area (Å²) in [5, 5.41) is 16.7. The molecule has 4 heterocycles. The van der Waals surface area contributed by atoms with Crippen molar-refractivity contribution in [3.05, 3.63) is 36.2 Å². The van der Waals surface area contributed by atoms with Crippen molar-refractivity contribution in [1.29, 1.82) is 0 Å². The van der Waals surface area contributed by atoms with Gasteiger partial charge in [-0.1, -0.05) is 6.07 Å². The van der Waals surface area contributed by atoms with Gasteiger partial charge in [-0.25, -0.2) is 9.37 Å². The Balaban J connectivity index is 1.33. The molecule has 3 fully saturated rings. The van der Waals surface area contributed by atoms with Crippen molar-refractivity contribution in [3.8, 4) is 17.0 Å². The van der Waals surface area contributed by atoms with Gasteiger partial charge in [0.05, 0.1) is 24.1 Å². The standard InChI is InChI=1S/C22H26FN5O2/c1-28(18-8-14-3-5-16(27-14)22(18)23)20-11-24-17(10-25-20)15-4-2-12(6-19(15)29)13-7-21(30)26-9-13/h2,4,6,10-11,13-14,16,18,22,27,29H,3,5,7-9H2,1H3,(H,26,30)/t13-,14+,16?,18+,22-/m1/s1. The summed E-state index contributed by atoms with van der Waals surface area (Å²) in [6.45, 7) is 0.590. The van der Waals surface area contributed by atoms with Crippen LogP contribution in [-0.2, 0) is 4.79 Å². The Kier molecular flexibility index (Phi) is 4.81. The van der Waals surface area contributed by atoms with E-state index in [9.17, 15) is 14.3 Å². The number of piperidine rings is 1. The summed E-state index contributed by atoms with van der Waals surface area (Å²) in [6.07, 6.45) is 5.44. The number of alkyl halides is 1. The van der Waals surface area contributed by atoms with E-state index < -0.39 is 6.17 Å². The van der Waals surface area contributed by atoms with Crippen molar-refractivity contribution in [2.75, 3.05) is 18.5 Å². The van der Waals surface area contributed by atoms with Gasteiger partial charge < -0.3 is 20.6 Å². The van der Waals surface area contributed by atoms with Gasteiger partial charge in [0.25, 0.3) is 0 Å². The minimum absolute atomic E-state index is 0.0337. The molecule has 7 nitrogen and oxygen atoms in total. The number of amides is 1. The van der Waals surface area contributed by atoms with Gasteiger partial charge in [-0.2, -0.15) is 0 Å². The fourth-order valence-electron chi connectivity index (χ4n) is 5.02. The number of nitrogens with zero attached hydrogens (tertiary/aromatic N) is 3. The van der Waals surface area contributed by atoms with E-state index in [0.717, 1.165) is 24.8 Å². The zero-order chi connectivity index (χ0) is 20.8. The van der Waals surface area contributed by atoms with Crippen LogP contribution in [0.25, 0.3) is 11.3 Å². The molecule has 3 N–H and O–H groups in total. The molecule has 3 aliphatic heterocycles. The lowest BCUT2D eigenvalue weighted by Gasteiger charge is -2.38. The highest BCUT2D eigenvalue weighted by molar-refractivity contribution is 5.79. The van der Waals surface area contributed by atoms with Crippen molar-refractivity contribution < 1.29 is 14.3 Å². The van der Waals surface area contributed by atoms with Crippen molar-refractivity contribution in [3.63, 3.8) is 0 Å². The molecule has 3 saturated heterocycles. The van der Waals surface area contributed by atoms with E-state index in [1.54, 1.807) is 18.5 Å². The molecule has 2 aromatic rings. The van der Waals surface area contributed by atoms with Gasteiger partial charge in [0.2, 0.25) is 5.91 Å². The molecule has 1 amide bonds. The second-order valence-corrected chi connectivity index (χ2v) is 8.65. The second kappa shape index (κ2) is 7.50. The number of carbonyl (C=O) groups excluding carboxylic acids is 1. The number of nitrogens with one attached hydrogen (secondary N) is 2. The van der Waals surface area contributed by atoms with Crippen LogP contribution in [0.5, 0.6) is 5.75 Å². The topological polar surface area (TPSA) is 90.4 Å². The van der Waals surface area contributed by atoms with Crippen molar-refractivity contribution in [2.45, 2.75) is 55.9 Å². The lowest BCUT2D eigenvalue weighted by Crippen LogP contribution is -2.55. The molecule has 30 heavy (non-hydrogen) atoms. The number of phenols is 1. The summed E-state index contributed by atoms with van der Waals surface area (Å²) in [5.74, 6) is 0.847. The summed E-state index contributed by atoms with van der Waals surface area (Å²) in [7, 11) is 1.87. The van der Waals surface area contributed by atoms with E-state index >= 15 is 0 Å². The van der Waals surface area contributed by atoms with Crippen LogP contribution in [0.1, 0.15) is 37.2 Å². The van der Waals surface area contributed by atoms with Gasteiger partial charge in [-0.05, 0) is 37.0 Å². The highest BCUT2D eigenvalue weighted by Gasteiger charge is 2.43. The molecular weight excluding hydrogens is 385 g/mol. The lowest BCUT2D eigenvalue weighted by atomic mass is 9.96. The number of rotatable bonds is 4. The molecule has 5 atom stereocenters. The number of anilines is 1. The first-order valence-corrected chi connectivity index (χ1v) is 10.5.